The largest absolute Gasteiger partial charge is 0.474 e. The molecule has 0 saturated carbocycles. The molecule has 0 aromatic carbocycles. The molecular formula is C30H42N6O4S. The van der Waals surface area contributed by atoms with Crippen LogP contribution in [0.5, 0.6) is 5.88 Å². The summed E-state index contributed by atoms with van der Waals surface area (Å²) in [6, 6.07) is 5.37. The van der Waals surface area contributed by atoms with Crippen LogP contribution in [0.25, 0.3) is 10.8 Å². The first-order valence-electron chi connectivity index (χ1n) is 13.8. The fourth-order valence-electron chi connectivity index (χ4n) is 4.88. The minimum atomic E-state index is -2.79. The molecule has 1 aliphatic rings. The molecule has 0 fully saturated rings. The zero-order chi connectivity index (χ0) is 30.5. The van der Waals surface area contributed by atoms with Crippen LogP contribution in [0.1, 0.15) is 89.8 Å². The van der Waals surface area contributed by atoms with Crippen LogP contribution in [0.4, 0.5) is 11.6 Å². The molecule has 10 nitrogen and oxygen atoms in total. The monoisotopic (exact) mass is 582 g/mol. The van der Waals surface area contributed by atoms with Gasteiger partial charge in [-0.05, 0) is 70.2 Å². The van der Waals surface area contributed by atoms with E-state index in [2.05, 4.69) is 15.3 Å². The fourth-order valence-corrected chi connectivity index (χ4v) is 5.43. The number of hydrogen-bond donors (Lipinski definition) is 3. The van der Waals surface area contributed by atoms with Crippen molar-refractivity contribution in [2.24, 2.45) is 5.73 Å². The Hall–Kier alpha value is -3.31. The summed E-state index contributed by atoms with van der Waals surface area (Å²) in [5, 5.41) is 4.82. The molecular weight excluding hydrogens is 540 g/mol. The standard InChI is InChI=1S/C30H42N6O4S/c1-10-30(8,31)22-16-34-26(39-17(2)14-28(4,5)41(9,32)38)21-15-33-24(13-20(21)22)35-23-12-11-19-25(36-23)29(6,7)18(3)40-27(19)37/h11-13,15-18,32H,10,14,31H2,1-9H3,(H,33,35,36)/t17-,18-,30?,41?/m1/s1. The molecule has 4 atom stereocenters. The van der Waals surface area contributed by atoms with Crippen molar-refractivity contribution in [1.29, 1.82) is 4.78 Å². The Balaban J connectivity index is 1.73. The normalized spacial score (nSPS) is 20.3. The second-order valence-electron chi connectivity index (χ2n) is 12.6. The van der Waals surface area contributed by atoms with E-state index in [9.17, 15) is 9.00 Å². The number of nitrogens with zero attached hydrogens (tertiary/aromatic N) is 3. The van der Waals surface area contributed by atoms with Gasteiger partial charge in [-0.15, -0.1) is 0 Å². The SMILES string of the molecule is CCC(C)(N)c1cnc(O[C@H](C)CC(C)(C)S(C)(=N)=O)c2cnc(Nc3ccc4c(n3)C(C)(C)[C@@H](C)OC4=O)cc12. The van der Waals surface area contributed by atoms with Gasteiger partial charge in [-0.3, -0.25) is 4.78 Å². The lowest BCUT2D eigenvalue weighted by molar-refractivity contribution is 0.00864. The highest BCUT2D eigenvalue weighted by Crippen LogP contribution is 2.38. The van der Waals surface area contributed by atoms with E-state index in [0.717, 1.165) is 10.9 Å². The summed E-state index contributed by atoms with van der Waals surface area (Å²) in [5.74, 6) is 1.13. The van der Waals surface area contributed by atoms with Crippen molar-refractivity contribution in [3.05, 3.63) is 47.4 Å². The van der Waals surface area contributed by atoms with Crippen LogP contribution in [-0.4, -0.2) is 48.3 Å². The molecule has 0 amide bonds. The number of anilines is 2. The van der Waals surface area contributed by atoms with Gasteiger partial charge in [-0.25, -0.2) is 24.0 Å². The van der Waals surface area contributed by atoms with Crippen LogP contribution in [-0.2, 0) is 25.4 Å². The number of fused-ring (bicyclic) bond motifs is 2. The van der Waals surface area contributed by atoms with Gasteiger partial charge in [-0.2, -0.15) is 0 Å². The van der Waals surface area contributed by atoms with Crippen molar-refractivity contribution in [1.82, 2.24) is 15.0 Å². The average molecular weight is 583 g/mol. The molecule has 0 aliphatic carbocycles. The molecule has 3 aromatic rings. The third kappa shape index (κ3) is 5.88. The van der Waals surface area contributed by atoms with Gasteiger partial charge in [0, 0.05) is 45.8 Å². The van der Waals surface area contributed by atoms with Gasteiger partial charge < -0.3 is 20.5 Å². The minimum absolute atomic E-state index is 0.313. The number of nitrogens with two attached hydrogens (primary N) is 1. The maximum absolute atomic E-state index is 12.5. The number of cyclic esters (lactones) is 1. The topological polar surface area (TPSA) is 153 Å². The van der Waals surface area contributed by atoms with E-state index in [4.69, 9.17) is 25.0 Å². The molecule has 0 saturated heterocycles. The second-order valence-corrected chi connectivity index (χ2v) is 15.4. The maximum atomic E-state index is 12.5. The number of rotatable bonds is 9. The van der Waals surface area contributed by atoms with Crippen molar-refractivity contribution >= 4 is 38.1 Å². The predicted molar refractivity (Wildman–Crippen MR) is 162 cm³/mol. The number of hydrogen-bond acceptors (Lipinski definition) is 10. The number of pyridine rings is 3. The lowest BCUT2D eigenvalue weighted by atomic mass is 9.79. The zero-order valence-electron chi connectivity index (χ0n) is 25.4. The van der Waals surface area contributed by atoms with E-state index in [1.165, 1.54) is 6.26 Å². The average Bonchev–Trinajstić information content (AvgIpc) is 2.86. The zero-order valence-corrected chi connectivity index (χ0v) is 26.2. The molecule has 11 heteroatoms. The van der Waals surface area contributed by atoms with Crippen molar-refractivity contribution in [3.8, 4) is 5.88 Å². The first kappa shape index (κ1) is 30.6. The summed E-state index contributed by atoms with van der Waals surface area (Å²) in [6.07, 6.45) is 5.34. The molecule has 1 aliphatic heterocycles. The smallest absolute Gasteiger partial charge is 0.340 e. The van der Waals surface area contributed by atoms with E-state index in [1.54, 1.807) is 24.5 Å². The van der Waals surface area contributed by atoms with Crippen LogP contribution >= 0.6 is 0 Å². The molecule has 4 heterocycles. The van der Waals surface area contributed by atoms with Gasteiger partial charge in [0.15, 0.2) is 0 Å². The van der Waals surface area contributed by atoms with Gasteiger partial charge in [0.1, 0.15) is 17.7 Å². The van der Waals surface area contributed by atoms with E-state index < -0.39 is 25.4 Å². The molecule has 0 spiro atoms. The lowest BCUT2D eigenvalue weighted by Crippen LogP contribution is -2.42. The van der Waals surface area contributed by atoms with Crippen LogP contribution in [0, 0.1) is 4.78 Å². The van der Waals surface area contributed by atoms with Gasteiger partial charge in [0.2, 0.25) is 5.88 Å². The Kier molecular flexibility index (Phi) is 7.85. The number of carbonyl (C=O) groups is 1. The summed E-state index contributed by atoms with van der Waals surface area (Å²) in [7, 11) is -2.79. The predicted octanol–water partition coefficient (Wildman–Crippen LogP) is 5.80. The quantitative estimate of drug-likeness (QED) is 0.266. The van der Waals surface area contributed by atoms with Gasteiger partial charge in [-0.1, -0.05) is 20.8 Å². The Morgan fingerprint density at radius 2 is 1.88 bits per heavy atom. The number of esters is 1. The fraction of sp³-hybridized carbons (Fsp3) is 0.533. The van der Waals surface area contributed by atoms with E-state index in [0.29, 0.717) is 47.0 Å². The third-order valence-electron chi connectivity index (χ3n) is 8.51. The summed E-state index contributed by atoms with van der Waals surface area (Å²) in [5.41, 5.74) is 7.56. The maximum Gasteiger partial charge on any atom is 0.340 e. The van der Waals surface area contributed by atoms with Crippen molar-refractivity contribution in [3.63, 3.8) is 0 Å². The van der Waals surface area contributed by atoms with Crippen molar-refractivity contribution < 1.29 is 18.5 Å². The first-order chi connectivity index (χ1) is 18.9. The molecule has 2 unspecified atom stereocenters. The highest BCUT2D eigenvalue weighted by atomic mass is 32.2. The van der Waals surface area contributed by atoms with Gasteiger partial charge >= 0.3 is 5.97 Å². The van der Waals surface area contributed by atoms with Crippen LogP contribution in [0.3, 0.4) is 0 Å². The third-order valence-corrected chi connectivity index (χ3v) is 10.8. The number of carbonyl (C=O) groups excluding carboxylic acids is 1. The lowest BCUT2D eigenvalue weighted by Gasteiger charge is -2.36. The van der Waals surface area contributed by atoms with Gasteiger partial charge in [0.05, 0.1) is 27.5 Å². The van der Waals surface area contributed by atoms with Crippen LogP contribution < -0.4 is 15.8 Å². The summed E-state index contributed by atoms with van der Waals surface area (Å²) >= 11 is 0. The van der Waals surface area contributed by atoms with E-state index >= 15 is 0 Å². The Morgan fingerprint density at radius 1 is 1.20 bits per heavy atom. The van der Waals surface area contributed by atoms with Crippen LogP contribution in [0.2, 0.25) is 0 Å². The summed E-state index contributed by atoms with van der Waals surface area (Å²) in [4.78, 5) is 26.5. The highest BCUT2D eigenvalue weighted by Gasteiger charge is 2.41. The number of ether oxygens (including phenoxy) is 2. The first-order valence-corrected chi connectivity index (χ1v) is 15.8. The number of nitrogens with one attached hydrogen (secondary N) is 2. The second kappa shape index (κ2) is 10.5. The van der Waals surface area contributed by atoms with Gasteiger partial charge in [0.25, 0.3) is 0 Å². The molecule has 0 bridgehead atoms. The van der Waals surface area contributed by atoms with E-state index in [1.807, 2.05) is 61.5 Å². The van der Waals surface area contributed by atoms with Crippen LogP contribution in [0.15, 0.2) is 30.6 Å². The Morgan fingerprint density at radius 3 is 2.51 bits per heavy atom. The summed E-state index contributed by atoms with van der Waals surface area (Å²) < 4.78 is 31.5. The Labute approximate surface area is 242 Å². The molecule has 3 aromatic heterocycles. The molecule has 222 valence electrons. The molecule has 4 rings (SSSR count). The van der Waals surface area contributed by atoms with Crippen molar-refractivity contribution in [2.45, 2.75) is 96.1 Å². The van der Waals surface area contributed by atoms with E-state index in [-0.39, 0.29) is 18.2 Å². The Bertz CT molecular complexity index is 1600. The van der Waals surface area contributed by atoms with Crippen molar-refractivity contribution in [2.75, 3.05) is 11.6 Å². The minimum Gasteiger partial charge on any atom is -0.474 e. The molecule has 4 N–H and O–H groups in total. The highest BCUT2D eigenvalue weighted by molar-refractivity contribution is 7.93. The molecule has 0 radical (unpaired) electrons. The number of aromatic nitrogens is 3. The summed E-state index contributed by atoms with van der Waals surface area (Å²) in [6.45, 7) is 15.4. The molecule has 41 heavy (non-hydrogen) atoms.